The molecule has 168 valence electrons. The van der Waals surface area contributed by atoms with E-state index in [1.165, 1.54) is 11.3 Å². The fraction of sp³-hybridized carbons (Fsp3) is 0.154. The zero-order chi connectivity index (χ0) is 23.2. The molecule has 3 aromatic carbocycles. The van der Waals surface area contributed by atoms with E-state index in [9.17, 15) is 0 Å². The fourth-order valence-corrected chi connectivity index (χ4v) is 4.32. The minimum atomic E-state index is 0.631. The lowest BCUT2D eigenvalue weighted by atomic mass is 10.1. The number of aromatic nitrogens is 1. The minimum Gasteiger partial charge on any atom is -0.497 e. The molecule has 0 saturated carbocycles. The van der Waals surface area contributed by atoms with Gasteiger partial charge in [0, 0.05) is 17.3 Å². The summed E-state index contributed by atoms with van der Waals surface area (Å²) in [4.78, 5) is 10.5. The second-order valence-corrected chi connectivity index (χ2v) is 7.95. The zero-order valence-corrected chi connectivity index (χ0v) is 19.7. The highest BCUT2D eigenvalue weighted by molar-refractivity contribution is 7.19. The highest BCUT2D eigenvalue weighted by atomic mass is 32.1. The zero-order valence-electron chi connectivity index (χ0n) is 18.9. The molecule has 0 aliphatic rings. The summed E-state index contributed by atoms with van der Waals surface area (Å²) in [7, 11) is 6.54. The number of methoxy groups -OCH3 is 4. The van der Waals surface area contributed by atoms with E-state index in [4.69, 9.17) is 23.9 Å². The number of para-hydroxylation sites is 1. The highest BCUT2D eigenvalue weighted by Crippen LogP contribution is 2.41. The Morgan fingerprint density at radius 1 is 0.727 bits per heavy atom. The van der Waals surface area contributed by atoms with Crippen LogP contribution in [0.2, 0.25) is 0 Å². The lowest BCUT2D eigenvalue weighted by Gasteiger charge is -2.09. The van der Waals surface area contributed by atoms with E-state index >= 15 is 0 Å². The lowest BCUT2D eigenvalue weighted by Crippen LogP contribution is -1.94. The number of hydrogen-bond donors (Lipinski definition) is 0. The van der Waals surface area contributed by atoms with E-state index in [0.717, 1.165) is 38.8 Å². The van der Waals surface area contributed by atoms with Crippen molar-refractivity contribution in [1.82, 2.24) is 4.98 Å². The first-order valence-corrected chi connectivity index (χ1v) is 11.0. The van der Waals surface area contributed by atoms with Crippen molar-refractivity contribution in [2.75, 3.05) is 28.4 Å². The van der Waals surface area contributed by atoms with E-state index < -0.39 is 0 Å². The van der Waals surface area contributed by atoms with Gasteiger partial charge in [0.05, 0.1) is 39.0 Å². The van der Waals surface area contributed by atoms with Gasteiger partial charge in [-0.1, -0.05) is 17.4 Å². The van der Waals surface area contributed by atoms with Crippen LogP contribution in [0.3, 0.4) is 0 Å². The van der Waals surface area contributed by atoms with Crippen LogP contribution in [0.5, 0.6) is 23.0 Å². The van der Waals surface area contributed by atoms with Crippen LogP contribution in [0.4, 0.5) is 5.13 Å². The van der Waals surface area contributed by atoms with Crippen LogP contribution in [0.1, 0.15) is 5.56 Å². The second-order valence-electron chi connectivity index (χ2n) is 6.97. The Bertz CT molecular complexity index is 1180. The molecule has 7 heteroatoms. The van der Waals surface area contributed by atoms with Crippen molar-refractivity contribution in [2.24, 2.45) is 4.99 Å². The summed E-state index contributed by atoms with van der Waals surface area (Å²) < 4.78 is 21.5. The summed E-state index contributed by atoms with van der Waals surface area (Å²) in [5.41, 5.74) is 3.69. The summed E-state index contributed by atoms with van der Waals surface area (Å²) in [6.45, 7) is 0. The monoisotopic (exact) mass is 460 g/mol. The van der Waals surface area contributed by atoms with Gasteiger partial charge in [0.1, 0.15) is 11.5 Å². The molecule has 0 spiro atoms. The Kier molecular flexibility index (Phi) is 6.90. The highest BCUT2D eigenvalue weighted by Gasteiger charge is 2.16. The molecule has 0 N–H and O–H groups in total. The van der Waals surface area contributed by atoms with Crippen LogP contribution in [-0.2, 0) is 0 Å². The summed E-state index contributed by atoms with van der Waals surface area (Å²) in [6, 6.07) is 21.5. The molecule has 4 rings (SSSR count). The van der Waals surface area contributed by atoms with E-state index in [-0.39, 0.29) is 0 Å². The maximum Gasteiger partial charge on any atom is 0.210 e. The molecule has 6 nitrogen and oxygen atoms in total. The molecule has 0 unspecified atom stereocenters. The largest absolute Gasteiger partial charge is 0.497 e. The molecular weight excluding hydrogens is 436 g/mol. The third kappa shape index (κ3) is 4.83. The van der Waals surface area contributed by atoms with Crippen LogP contribution >= 0.6 is 11.3 Å². The maximum atomic E-state index is 5.51. The number of nitrogens with zero attached hydrogens (tertiary/aromatic N) is 2. The summed E-state index contributed by atoms with van der Waals surface area (Å²) in [5.74, 6) is 2.88. The molecule has 0 radical (unpaired) electrons. The quantitative estimate of drug-likeness (QED) is 0.290. The number of rotatable bonds is 8. The van der Waals surface area contributed by atoms with Crippen molar-refractivity contribution in [3.05, 3.63) is 72.3 Å². The lowest BCUT2D eigenvalue weighted by molar-refractivity contribution is 0.354. The van der Waals surface area contributed by atoms with Crippen molar-refractivity contribution in [1.29, 1.82) is 0 Å². The average Bonchev–Trinajstić information content (AvgIpc) is 3.31. The van der Waals surface area contributed by atoms with Gasteiger partial charge in [-0.05, 0) is 66.2 Å². The number of ether oxygens (including phenoxy) is 4. The molecule has 0 aliphatic carbocycles. The van der Waals surface area contributed by atoms with Gasteiger partial charge in [-0.25, -0.2) is 9.98 Å². The molecule has 1 heterocycles. The molecule has 0 aliphatic heterocycles. The van der Waals surface area contributed by atoms with Crippen molar-refractivity contribution in [3.63, 3.8) is 0 Å². The average molecular weight is 461 g/mol. The molecule has 4 aromatic rings. The van der Waals surface area contributed by atoms with Gasteiger partial charge < -0.3 is 18.9 Å². The van der Waals surface area contributed by atoms with Crippen LogP contribution in [0, 0.1) is 0 Å². The van der Waals surface area contributed by atoms with Gasteiger partial charge in [0.15, 0.2) is 11.5 Å². The van der Waals surface area contributed by atoms with Crippen LogP contribution in [0.25, 0.3) is 21.7 Å². The predicted octanol–water partition coefficient (Wildman–Crippen LogP) is 6.26. The smallest absolute Gasteiger partial charge is 0.210 e. The molecule has 0 amide bonds. The van der Waals surface area contributed by atoms with Gasteiger partial charge in [-0.15, -0.1) is 0 Å². The SMILES string of the molecule is COc1ccc(-c2nc(N=Cc3cccc(OC)c3OC)sc2-c2ccc(OC)cc2)cc1. The van der Waals surface area contributed by atoms with E-state index in [1.807, 2.05) is 66.7 Å². The molecule has 0 saturated heterocycles. The van der Waals surface area contributed by atoms with Gasteiger partial charge in [-0.3, -0.25) is 0 Å². The number of aliphatic imine (C=N–C) groups is 1. The standard InChI is InChI=1S/C26H24N2O4S/c1-29-20-12-8-17(9-13-20)23-25(18-10-14-21(30-2)15-11-18)33-26(28-23)27-16-19-6-5-7-22(31-3)24(19)32-4/h5-16H,1-4H3. The second kappa shape index (κ2) is 10.2. The Morgan fingerprint density at radius 2 is 1.36 bits per heavy atom. The van der Waals surface area contributed by atoms with Crippen LogP contribution < -0.4 is 18.9 Å². The minimum absolute atomic E-state index is 0.631. The van der Waals surface area contributed by atoms with E-state index in [0.29, 0.717) is 16.6 Å². The first-order valence-electron chi connectivity index (χ1n) is 10.2. The van der Waals surface area contributed by atoms with Crippen molar-refractivity contribution < 1.29 is 18.9 Å². The molecule has 0 bridgehead atoms. The maximum absolute atomic E-state index is 5.51. The topological polar surface area (TPSA) is 62.2 Å². The Hall–Kier alpha value is -3.84. The van der Waals surface area contributed by atoms with E-state index in [1.54, 1.807) is 34.7 Å². The fourth-order valence-electron chi connectivity index (χ4n) is 3.39. The normalized spacial score (nSPS) is 10.9. The third-order valence-electron chi connectivity index (χ3n) is 5.08. The van der Waals surface area contributed by atoms with Crippen LogP contribution in [0.15, 0.2) is 71.7 Å². The van der Waals surface area contributed by atoms with Crippen LogP contribution in [-0.4, -0.2) is 39.6 Å². The Morgan fingerprint density at radius 3 is 1.94 bits per heavy atom. The van der Waals surface area contributed by atoms with Gasteiger partial charge >= 0.3 is 0 Å². The molecule has 33 heavy (non-hydrogen) atoms. The Balaban J connectivity index is 1.76. The molecule has 1 aromatic heterocycles. The van der Waals surface area contributed by atoms with Gasteiger partial charge in [-0.2, -0.15) is 0 Å². The van der Waals surface area contributed by atoms with Crippen molar-refractivity contribution in [3.8, 4) is 44.7 Å². The van der Waals surface area contributed by atoms with Gasteiger partial charge in [0.2, 0.25) is 5.13 Å². The van der Waals surface area contributed by atoms with Crippen molar-refractivity contribution in [2.45, 2.75) is 0 Å². The summed E-state index contributed by atoms with van der Waals surface area (Å²) in [5, 5.41) is 0.636. The Labute approximate surface area is 197 Å². The van der Waals surface area contributed by atoms with E-state index in [2.05, 4.69) is 4.99 Å². The van der Waals surface area contributed by atoms with Crippen molar-refractivity contribution >= 4 is 22.7 Å². The van der Waals surface area contributed by atoms with Gasteiger partial charge in [0.25, 0.3) is 0 Å². The number of benzene rings is 3. The first-order chi connectivity index (χ1) is 16.2. The predicted molar refractivity (Wildman–Crippen MR) is 133 cm³/mol. The third-order valence-corrected chi connectivity index (χ3v) is 6.09. The number of hydrogen-bond acceptors (Lipinski definition) is 7. The number of thiazole rings is 1. The molecular formula is C26H24N2O4S. The molecule has 0 atom stereocenters. The molecule has 0 fully saturated rings. The summed E-state index contributed by atoms with van der Waals surface area (Å²) in [6.07, 6.45) is 1.75. The summed E-state index contributed by atoms with van der Waals surface area (Å²) >= 11 is 1.52. The first kappa shape index (κ1) is 22.4.